The first-order valence-electron chi connectivity index (χ1n) is 8.35. The molecule has 0 fully saturated rings. The van der Waals surface area contributed by atoms with Crippen LogP contribution in [0, 0.1) is 0 Å². The van der Waals surface area contributed by atoms with Crippen molar-refractivity contribution in [3.63, 3.8) is 0 Å². The van der Waals surface area contributed by atoms with E-state index in [4.69, 9.17) is 9.47 Å². The van der Waals surface area contributed by atoms with E-state index in [9.17, 15) is 0 Å². The van der Waals surface area contributed by atoms with Gasteiger partial charge < -0.3 is 14.8 Å². The Morgan fingerprint density at radius 1 is 1.08 bits per heavy atom. The number of fused-ring (bicyclic) bond motifs is 1. The number of hydrogen-bond acceptors (Lipinski definition) is 5. The van der Waals surface area contributed by atoms with Gasteiger partial charge in [-0.15, -0.1) is 0 Å². The van der Waals surface area contributed by atoms with Crippen LogP contribution in [-0.2, 0) is 6.54 Å². The third-order valence-electron chi connectivity index (χ3n) is 4.35. The molecular formula is C19H20N4O2. The molecule has 0 saturated heterocycles. The van der Waals surface area contributed by atoms with Crippen molar-refractivity contribution < 1.29 is 9.47 Å². The quantitative estimate of drug-likeness (QED) is 0.768. The number of nitrogens with one attached hydrogen (secondary N) is 1. The molecule has 4 rings (SSSR count). The van der Waals surface area contributed by atoms with Crippen molar-refractivity contribution in [1.82, 2.24) is 14.8 Å². The Balaban J connectivity index is 1.42. The largest absolute Gasteiger partial charge is 0.449 e. The average Bonchev–Trinajstić information content (AvgIpc) is 3.27. The summed E-state index contributed by atoms with van der Waals surface area (Å²) in [5, 5.41) is 7.55. The van der Waals surface area contributed by atoms with Crippen LogP contribution in [-0.4, -0.2) is 20.6 Å². The van der Waals surface area contributed by atoms with Crippen LogP contribution in [0.3, 0.4) is 0 Å². The topological polar surface area (TPSA) is 61.2 Å². The maximum Gasteiger partial charge on any atom is 0.248 e. The van der Waals surface area contributed by atoms with E-state index in [1.165, 1.54) is 11.9 Å². The van der Waals surface area contributed by atoms with Crippen molar-refractivity contribution >= 4 is 5.69 Å². The third-order valence-corrected chi connectivity index (χ3v) is 4.35. The molecule has 3 aromatic rings. The molecule has 25 heavy (non-hydrogen) atoms. The summed E-state index contributed by atoms with van der Waals surface area (Å²) in [6, 6.07) is 14.1. The number of hydrogen-bond donors (Lipinski definition) is 1. The molecule has 0 bridgehead atoms. The fraction of sp³-hybridized carbons (Fsp3) is 0.263. The van der Waals surface area contributed by atoms with Crippen LogP contribution < -0.4 is 14.8 Å². The zero-order chi connectivity index (χ0) is 17.3. The van der Waals surface area contributed by atoms with Crippen LogP contribution in [0.25, 0.3) is 5.69 Å². The van der Waals surface area contributed by atoms with Crippen molar-refractivity contribution in [2.24, 2.45) is 0 Å². The lowest BCUT2D eigenvalue weighted by Crippen LogP contribution is -2.33. The lowest BCUT2D eigenvalue weighted by molar-refractivity contribution is -0.0640. The molecule has 2 heterocycles. The number of aromatic nitrogens is 3. The van der Waals surface area contributed by atoms with Gasteiger partial charge in [0.25, 0.3) is 0 Å². The predicted molar refractivity (Wildman–Crippen MR) is 95.1 cm³/mol. The molecular weight excluding hydrogens is 316 g/mol. The van der Waals surface area contributed by atoms with E-state index >= 15 is 0 Å². The van der Waals surface area contributed by atoms with E-state index in [1.807, 2.05) is 44.2 Å². The molecule has 0 saturated carbocycles. The van der Waals surface area contributed by atoms with Gasteiger partial charge in [0.1, 0.15) is 12.7 Å². The van der Waals surface area contributed by atoms with Crippen LogP contribution in [0.1, 0.15) is 25.8 Å². The van der Waals surface area contributed by atoms with Crippen molar-refractivity contribution in [1.29, 1.82) is 0 Å². The molecule has 0 amide bonds. The van der Waals surface area contributed by atoms with Gasteiger partial charge in [-0.25, -0.2) is 9.67 Å². The first-order chi connectivity index (χ1) is 12.1. The molecule has 1 atom stereocenters. The van der Waals surface area contributed by atoms with Gasteiger partial charge >= 0.3 is 0 Å². The summed E-state index contributed by atoms with van der Waals surface area (Å²) in [4.78, 5) is 3.96. The third kappa shape index (κ3) is 3.15. The zero-order valence-corrected chi connectivity index (χ0v) is 14.3. The second-order valence-electron chi connectivity index (χ2n) is 6.21. The molecule has 1 aliphatic rings. The van der Waals surface area contributed by atoms with Gasteiger partial charge in [-0.1, -0.05) is 19.1 Å². The molecule has 1 unspecified atom stereocenters. The lowest BCUT2D eigenvalue weighted by atomic mass is 10.2. The molecule has 0 radical (unpaired) electrons. The summed E-state index contributed by atoms with van der Waals surface area (Å²) in [5.74, 6) is 1.03. The molecule has 0 spiro atoms. The maximum atomic E-state index is 5.92. The molecule has 0 aliphatic carbocycles. The first-order valence-corrected chi connectivity index (χ1v) is 8.35. The molecule has 1 aliphatic heterocycles. The first kappa shape index (κ1) is 15.5. The van der Waals surface area contributed by atoms with Crippen molar-refractivity contribution in [3.05, 3.63) is 60.7 Å². The van der Waals surface area contributed by atoms with Crippen LogP contribution >= 0.6 is 0 Å². The Morgan fingerprint density at radius 2 is 1.88 bits per heavy atom. The van der Waals surface area contributed by atoms with E-state index in [2.05, 4.69) is 27.5 Å². The number of ether oxygens (including phenoxy) is 2. The summed E-state index contributed by atoms with van der Waals surface area (Å²) in [7, 11) is 0. The highest BCUT2D eigenvalue weighted by atomic mass is 16.7. The Labute approximate surface area is 146 Å². The monoisotopic (exact) mass is 336 g/mol. The molecule has 6 nitrogen and oxygen atoms in total. The van der Waals surface area contributed by atoms with Gasteiger partial charge in [0.05, 0.1) is 5.69 Å². The molecule has 128 valence electrons. The van der Waals surface area contributed by atoms with Gasteiger partial charge in [0, 0.05) is 31.6 Å². The summed E-state index contributed by atoms with van der Waals surface area (Å²) in [6.07, 6.45) is 4.01. The minimum Gasteiger partial charge on any atom is -0.449 e. The molecule has 6 heteroatoms. The van der Waals surface area contributed by atoms with Gasteiger partial charge in [0.15, 0.2) is 11.5 Å². The zero-order valence-electron chi connectivity index (χ0n) is 14.3. The highest BCUT2D eigenvalue weighted by molar-refractivity contribution is 5.56. The predicted octanol–water partition coefficient (Wildman–Crippen LogP) is 3.78. The summed E-state index contributed by atoms with van der Waals surface area (Å²) >= 11 is 0. The fourth-order valence-electron chi connectivity index (χ4n) is 2.72. The van der Waals surface area contributed by atoms with Crippen LogP contribution in [0.5, 0.6) is 11.5 Å². The minimum absolute atomic E-state index is 0.557. The second-order valence-corrected chi connectivity index (χ2v) is 6.21. The Morgan fingerprint density at radius 3 is 2.60 bits per heavy atom. The Bertz CT molecular complexity index is 862. The summed E-state index contributed by atoms with van der Waals surface area (Å²) in [6.45, 7) is 4.73. The van der Waals surface area contributed by atoms with Crippen molar-refractivity contribution in [2.75, 3.05) is 5.32 Å². The highest BCUT2D eigenvalue weighted by Gasteiger charge is 2.34. The van der Waals surface area contributed by atoms with Gasteiger partial charge in [-0.2, -0.15) is 5.10 Å². The van der Waals surface area contributed by atoms with Crippen LogP contribution in [0.15, 0.2) is 55.1 Å². The molecule has 1 N–H and O–H groups in total. The van der Waals surface area contributed by atoms with E-state index in [0.29, 0.717) is 0 Å². The van der Waals surface area contributed by atoms with Crippen molar-refractivity contribution in [3.8, 4) is 17.2 Å². The second kappa shape index (κ2) is 6.12. The van der Waals surface area contributed by atoms with Gasteiger partial charge in [-0.05, 0) is 29.8 Å². The average molecular weight is 336 g/mol. The lowest BCUT2D eigenvalue weighted by Gasteiger charge is -2.20. The van der Waals surface area contributed by atoms with Crippen LogP contribution in [0.4, 0.5) is 5.69 Å². The smallest absolute Gasteiger partial charge is 0.248 e. The van der Waals surface area contributed by atoms with Gasteiger partial charge in [0.2, 0.25) is 5.79 Å². The maximum absolute atomic E-state index is 5.92. The molecule has 1 aromatic heterocycles. The number of anilines is 1. The van der Waals surface area contributed by atoms with Crippen molar-refractivity contribution in [2.45, 2.75) is 32.6 Å². The minimum atomic E-state index is -0.557. The Kier molecular flexibility index (Phi) is 3.80. The molecule has 2 aromatic carbocycles. The van der Waals surface area contributed by atoms with Gasteiger partial charge in [-0.3, -0.25) is 0 Å². The van der Waals surface area contributed by atoms with E-state index in [0.717, 1.165) is 35.8 Å². The normalized spacial score (nSPS) is 18.3. The number of benzene rings is 2. The van der Waals surface area contributed by atoms with E-state index in [-0.39, 0.29) is 0 Å². The van der Waals surface area contributed by atoms with Crippen LogP contribution in [0.2, 0.25) is 0 Å². The van der Waals surface area contributed by atoms with E-state index < -0.39 is 5.79 Å². The summed E-state index contributed by atoms with van der Waals surface area (Å²) in [5.41, 5.74) is 3.17. The van der Waals surface area contributed by atoms with E-state index in [1.54, 1.807) is 11.0 Å². The number of rotatable bonds is 5. The fourth-order valence-corrected chi connectivity index (χ4v) is 2.72. The number of nitrogens with zero attached hydrogens (tertiary/aromatic N) is 3. The Hall–Kier alpha value is -3.02. The standard InChI is InChI=1S/C19H20N4O2/c1-3-19(2)24-17-9-6-15(10-18(17)25-19)21-11-14-4-7-16(8-5-14)23-13-20-12-22-23/h4-10,12-13,21H,3,11H2,1-2H3. The summed E-state index contributed by atoms with van der Waals surface area (Å²) < 4.78 is 13.5. The SMILES string of the molecule is CCC1(C)Oc2ccc(NCc3ccc(-n4cncn4)cc3)cc2O1. The highest BCUT2D eigenvalue weighted by Crippen LogP contribution is 2.42.